The van der Waals surface area contributed by atoms with Crippen molar-refractivity contribution in [2.24, 2.45) is 0 Å². The summed E-state index contributed by atoms with van der Waals surface area (Å²) < 4.78 is 7.53. The molecule has 2 rings (SSSR count). The van der Waals surface area contributed by atoms with E-state index in [0.29, 0.717) is 11.8 Å². The summed E-state index contributed by atoms with van der Waals surface area (Å²) in [5, 5.41) is 13.6. The van der Waals surface area contributed by atoms with Gasteiger partial charge < -0.3 is 9.84 Å². The maximum atomic E-state index is 9.41. The Labute approximate surface area is 107 Å². The van der Waals surface area contributed by atoms with E-state index in [2.05, 4.69) is 18.9 Å². The highest BCUT2D eigenvalue weighted by Crippen LogP contribution is 2.23. The summed E-state index contributed by atoms with van der Waals surface area (Å²) in [6.45, 7) is 5.87. The van der Waals surface area contributed by atoms with Crippen molar-refractivity contribution in [3.8, 4) is 11.5 Å². The minimum absolute atomic E-state index is 0.319. The first kappa shape index (κ1) is 12.6. The second-order valence-electron chi connectivity index (χ2n) is 4.60. The van der Waals surface area contributed by atoms with E-state index in [-0.39, 0.29) is 0 Å². The van der Waals surface area contributed by atoms with Crippen LogP contribution < -0.4 is 4.74 Å². The number of hydrogen-bond acceptors (Lipinski definition) is 3. The predicted molar refractivity (Wildman–Crippen MR) is 69.8 cm³/mol. The smallest absolute Gasteiger partial charge is 0.165 e. The Bertz CT molecular complexity index is 501. The van der Waals surface area contributed by atoms with Crippen LogP contribution in [0.2, 0.25) is 0 Å². The molecule has 0 radical (unpaired) electrons. The Morgan fingerprint density at radius 3 is 2.28 bits per heavy atom. The van der Waals surface area contributed by atoms with E-state index in [1.807, 2.05) is 35.1 Å². The van der Waals surface area contributed by atoms with Gasteiger partial charge in [-0.3, -0.25) is 4.68 Å². The molecule has 4 heteroatoms. The van der Waals surface area contributed by atoms with Gasteiger partial charge in [0, 0.05) is 6.04 Å². The molecule has 0 unspecified atom stereocenters. The van der Waals surface area contributed by atoms with Crippen molar-refractivity contribution in [2.45, 2.75) is 32.9 Å². The highest BCUT2D eigenvalue weighted by atomic mass is 16.5. The lowest BCUT2D eigenvalue weighted by Crippen LogP contribution is -1.99. The zero-order chi connectivity index (χ0) is 13.1. The highest BCUT2D eigenvalue weighted by Gasteiger charge is 2.05. The lowest BCUT2D eigenvalue weighted by molar-refractivity contribution is 0.199. The fourth-order valence-electron chi connectivity index (χ4n) is 1.61. The second-order valence-corrected chi connectivity index (χ2v) is 4.60. The molecule has 1 heterocycles. The van der Waals surface area contributed by atoms with Gasteiger partial charge >= 0.3 is 0 Å². The molecular weight excluding hydrogens is 228 g/mol. The Morgan fingerprint density at radius 2 is 1.78 bits per heavy atom. The third-order valence-corrected chi connectivity index (χ3v) is 2.71. The van der Waals surface area contributed by atoms with Crippen molar-refractivity contribution < 1.29 is 9.84 Å². The van der Waals surface area contributed by atoms with Crippen molar-refractivity contribution in [2.75, 3.05) is 0 Å². The first-order chi connectivity index (χ1) is 8.56. The molecule has 1 aromatic carbocycles. The van der Waals surface area contributed by atoms with Gasteiger partial charge in [-0.15, -0.1) is 0 Å². The normalized spacial score (nSPS) is 12.7. The van der Waals surface area contributed by atoms with Gasteiger partial charge in [0.05, 0.1) is 18.5 Å². The molecule has 0 saturated heterocycles. The number of aromatic nitrogens is 2. The SMILES string of the molecule is CC(C)n1cc(Oc2ccc([C@H](C)O)cc2)cn1. The summed E-state index contributed by atoms with van der Waals surface area (Å²) in [5.41, 5.74) is 0.875. The quantitative estimate of drug-likeness (QED) is 0.900. The predicted octanol–water partition coefficient (Wildman–Crippen LogP) is 3.31. The molecular formula is C14H18N2O2. The average Bonchev–Trinajstić information content (AvgIpc) is 2.78. The number of ether oxygens (including phenoxy) is 1. The molecule has 0 fully saturated rings. The van der Waals surface area contributed by atoms with E-state index in [1.165, 1.54) is 0 Å². The van der Waals surface area contributed by atoms with E-state index in [9.17, 15) is 5.11 Å². The van der Waals surface area contributed by atoms with E-state index in [0.717, 1.165) is 11.3 Å². The minimum atomic E-state index is -0.456. The average molecular weight is 246 g/mol. The lowest BCUT2D eigenvalue weighted by atomic mass is 10.1. The van der Waals surface area contributed by atoms with Crippen molar-refractivity contribution in [1.82, 2.24) is 9.78 Å². The first-order valence-corrected chi connectivity index (χ1v) is 6.06. The van der Waals surface area contributed by atoms with Gasteiger partial charge in [-0.1, -0.05) is 12.1 Å². The second kappa shape index (κ2) is 5.23. The Hall–Kier alpha value is -1.81. The van der Waals surface area contributed by atoms with Crippen molar-refractivity contribution in [3.05, 3.63) is 42.2 Å². The molecule has 0 saturated carbocycles. The van der Waals surface area contributed by atoms with Crippen LogP contribution in [0, 0.1) is 0 Å². The fraction of sp³-hybridized carbons (Fsp3) is 0.357. The van der Waals surface area contributed by atoms with E-state index >= 15 is 0 Å². The van der Waals surface area contributed by atoms with E-state index in [4.69, 9.17) is 4.74 Å². The molecule has 0 amide bonds. The van der Waals surface area contributed by atoms with Crippen LogP contribution in [0.3, 0.4) is 0 Å². The van der Waals surface area contributed by atoms with Gasteiger partial charge in [-0.2, -0.15) is 5.10 Å². The van der Waals surface area contributed by atoms with Crippen LogP contribution in [0.1, 0.15) is 38.5 Å². The number of aliphatic hydroxyl groups excluding tert-OH is 1. The topological polar surface area (TPSA) is 47.3 Å². The monoisotopic (exact) mass is 246 g/mol. The molecule has 0 aliphatic rings. The standard InChI is InChI=1S/C14H18N2O2/c1-10(2)16-9-14(8-15-16)18-13-6-4-12(5-7-13)11(3)17/h4-11,17H,1-3H3/t11-/m0/s1. The largest absolute Gasteiger partial charge is 0.454 e. The van der Waals surface area contributed by atoms with Gasteiger partial charge in [0.25, 0.3) is 0 Å². The summed E-state index contributed by atoms with van der Waals surface area (Å²) in [6, 6.07) is 7.71. The minimum Gasteiger partial charge on any atom is -0.454 e. The van der Waals surface area contributed by atoms with Gasteiger partial charge in [0.2, 0.25) is 0 Å². The van der Waals surface area contributed by atoms with Crippen molar-refractivity contribution >= 4 is 0 Å². The summed E-state index contributed by atoms with van der Waals surface area (Å²) in [7, 11) is 0. The zero-order valence-corrected chi connectivity index (χ0v) is 10.9. The molecule has 2 aromatic rings. The lowest BCUT2D eigenvalue weighted by Gasteiger charge is -2.07. The van der Waals surface area contributed by atoms with Crippen molar-refractivity contribution in [3.63, 3.8) is 0 Å². The third-order valence-electron chi connectivity index (χ3n) is 2.71. The molecule has 0 spiro atoms. The van der Waals surface area contributed by atoms with Gasteiger partial charge in [0.1, 0.15) is 5.75 Å². The van der Waals surface area contributed by atoms with Gasteiger partial charge in [-0.05, 0) is 38.5 Å². The van der Waals surface area contributed by atoms with Gasteiger partial charge in [-0.25, -0.2) is 0 Å². The Balaban J connectivity index is 2.08. The Morgan fingerprint density at radius 1 is 1.11 bits per heavy atom. The summed E-state index contributed by atoms with van der Waals surface area (Å²) in [4.78, 5) is 0. The van der Waals surface area contributed by atoms with Crippen LogP contribution in [-0.4, -0.2) is 14.9 Å². The first-order valence-electron chi connectivity index (χ1n) is 6.06. The fourth-order valence-corrected chi connectivity index (χ4v) is 1.61. The maximum Gasteiger partial charge on any atom is 0.165 e. The van der Waals surface area contributed by atoms with Crippen LogP contribution in [0.25, 0.3) is 0 Å². The molecule has 96 valence electrons. The van der Waals surface area contributed by atoms with E-state index < -0.39 is 6.10 Å². The van der Waals surface area contributed by atoms with E-state index in [1.54, 1.807) is 13.1 Å². The van der Waals surface area contributed by atoms with Crippen LogP contribution in [-0.2, 0) is 0 Å². The molecule has 0 aliphatic heterocycles. The van der Waals surface area contributed by atoms with Crippen LogP contribution in [0.5, 0.6) is 11.5 Å². The van der Waals surface area contributed by atoms with Gasteiger partial charge in [0.15, 0.2) is 5.75 Å². The maximum absolute atomic E-state index is 9.41. The molecule has 1 atom stereocenters. The molecule has 1 N–H and O–H groups in total. The zero-order valence-electron chi connectivity index (χ0n) is 10.9. The highest BCUT2D eigenvalue weighted by molar-refractivity contribution is 5.31. The number of rotatable bonds is 4. The Kier molecular flexibility index (Phi) is 3.67. The summed E-state index contributed by atoms with van der Waals surface area (Å²) >= 11 is 0. The molecule has 4 nitrogen and oxygen atoms in total. The number of benzene rings is 1. The van der Waals surface area contributed by atoms with Crippen molar-refractivity contribution in [1.29, 1.82) is 0 Å². The third kappa shape index (κ3) is 2.90. The molecule has 0 aliphatic carbocycles. The number of hydrogen-bond donors (Lipinski definition) is 1. The van der Waals surface area contributed by atoms with Crippen LogP contribution >= 0.6 is 0 Å². The number of nitrogens with zero attached hydrogens (tertiary/aromatic N) is 2. The summed E-state index contributed by atoms with van der Waals surface area (Å²) in [5.74, 6) is 1.45. The molecule has 1 aromatic heterocycles. The molecule has 0 bridgehead atoms. The van der Waals surface area contributed by atoms with Crippen LogP contribution in [0.4, 0.5) is 0 Å². The van der Waals surface area contributed by atoms with Crippen LogP contribution in [0.15, 0.2) is 36.7 Å². The molecule has 18 heavy (non-hydrogen) atoms. The number of aliphatic hydroxyl groups is 1. The summed E-state index contributed by atoms with van der Waals surface area (Å²) in [6.07, 6.45) is 3.11.